The largest absolute Gasteiger partial charge is 0.480 e. The summed E-state index contributed by atoms with van der Waals surface area (Å²) in [7, 11) is 0. The zero-order valence-corrected chi connectivity index (χ0v) is 19.9. The Hall–Kier alpha value is -2.73. The number of aliphatic carboxylic acids is 1. The van der Waals surface area contributed by atoms with Gasteiger partial charge in [-0.3, -0.25) is 19.2 Å². The van der Waals surface area contributed by atoms with Gasteiger partial charge < -0.3 is 38.3 Å². The van der Waals surface area contributed by atoms with Crippen molar-refractivity contribution in [1.82, 2.24) is 16.0 Å². The fraction of sp³-hybridized carbons (Fsp3) is 0.762. The van der Waals surface area contributed by atoms with Crippen LogP contribution in [0.1, 0.15) is 59.8 Å². The Morgan fingerprint density at radius 1 is 0.818 bits per heavy atom. The lowest BCUT2D eigenvalue weighted by Gasteiger charge is -2.25. The fourth-order valence-corrected chi connectivity index (χ4v) is 2.98. The molecule has 0 aromatic heterocycles. The van der Waals surface area contributed by atoms with Gasteiger partial charge in [-0.2, -0.15) is 0 Å². The molecular formula is C21H40N6O6. The molecule has 10 N–H and O–H groups in total. The van der Waals surface area contributed by atoms with Gasteiger partial charge in [-0.1, -0.05) is 27.7 Å². The smallest absolute Gasteiger partial charge is 0.326 e. The number of amides is 4. The molecule has 0 aromatic rings. The summed E-state index contributed by atoms with van der Waals surface area (Å²) in [5, 5.41) is 16.7. The van der Waals surface area contributed by atoms with Gasteiger partial charge >= 0.3 is 5.97 Å². The van der Waals surface area contributed by atoms with Crippen LogP contribution in [-0.2, 0) is 24.0 Å². The third-order valence-corrected chi connectivity index (χ3v) is 4.96. The number of hydrogen-bond acceptors (Lipinski definition) is 7. The average molecular weight is 473 g/mol. The first-order valence-corrected chi connectivity index (χ1v) is 11.2. The van der Waals surface area contributed by atoms with Gasteiger partial charge in [0, 0.05) is 0 Å². The van der Waals surface area contributed by atoms with Gasteiger partial charge in [0.2, 0.25) is 23.6 Å². The third kappa shape index (κ3) is 12.2. The molecule has 0 aromatic carbocycles. The lowest BCUT2D eigenvalue weighted by molar-refractivity contribution is -0.143. The Balaban J connectivity index is 5.53. The van der Waals surface area contributed by atoms with Gasteiger partial charge in [0.25, 0.3) is 0 Å². The summed E-state index contributed by atoms with van der Waals surface area (Å²) in [6.07, 6.45) is 0.976. The van der Waals surface area contributed by atoms with Crippen molar-refractivity contribution in [3.63, 3.8) is 0 Å². The molecule has 4 unspecified atom stereocenters. The van der Waals surface area contributed by atoms with Crippen LogP contribution < -0.4 is 33.2 Å². The SMILES string of the molecule is CC(C)CC(NC(=O)C(CC(N)=O)NC(=O)C(CCCCN)NC(=O)C(N)C(C)C)C(=O)O. The lowest BCUT2D eigenvalue weighted by Crippen LogP contribution is -2.58. The van der Waals surface area contributed by atoms with E-state index in [1.807, 2.05) is 0 Å². The molecule has 0 bridgehead atoms. The second kappa shape index (κ2) is 15.2. The Kier molecular flexibility index (Phi) is 13.9. The first kappa shape index (κ1) is 30.3. The summed E-state index contributed by atoms with van der Waals surface area (Å²) in [4.78, 5) is 61.0. The van der Waals surface area contributed by atoms with Crippen LogP contribution in [0.4, 0.5) is 0 Å². The van der Waals surface area contributed by atoms with Gasteiger partial charge in [0.05, 0.1) is 12.5 Å². The predicted octanol–water partition coefficient (Wildman–Crippen LogP) is -1.44. The standard InChI is InChI=1S/C21H40N6O6/c1-11(2)9-15(21(32)33)27-19(30)14(10-16(23)28)26-18(29)13(7-5-6-8-22)25-20(31)17(24)12(3)4/h11-15,17H,5-10,22,24H2,1-4H3,(H2,23,28)(H,25,31)(H,26,29)(H,27,30)(H,32,33). The van der Waals surface area contributed by atoms with Crippen molar-refractivity contribution in [1.29, 1.82) is 0 Å². The highest BCUT2D eigenvalue weighted by molar-refractivity contribution is 5.96. The van der Waals surface area contributed by atoms with Crippen LogP contribution in [0, 0.1) is 11.8 Å². The molecule has 190 valence electrons. The van der Waals surface area contributed by atoms with Gasteiger partial charge in [0.1, 0.15) is 18.1 Å². The van der Waals surface area contributed by atoms with Crippen molar-refractivity contribution in [3.05, 3.63) is 0 Å². The third-order valence-electron chi connectivity index (χ3n) is 4.96. The van der Waals surface area contributed by atoms with Crippen LogP contribution in [0.5, 0.6) is 0 Å². The quantitative estimate of drug-likeness (QED) is 0.131. The molecule has 0 saturated carbocycles. The van der Waals surface area contributed by atoms with Crippen LogP contribution in [-0.4, -0.2) is 65.4 Å². The second-order valence-electron chi connectivity index (χ2n) is 8.88. The number of carboxylic acids is 1. The van der Waals surface area contributed by atoms with Gasteiger partial charge in [-0.25, -0.2) is 4.79 Å². The molecule has 0 heterocycles. The van der Waals surface area contributed by atoms with Gasteiger partial charge in [-0.05, 0) is 44.1 Å². The molecule has 0 aliphatic rings. The van der Waals surface area contributed by atoms with Gasteiger partial charge in [0.15, 0.2) is 0 Å². The number of primary amides is 1. The fourth-order valence-electron chi connectivity index (χ4n) is 2.98. The first-order chi connectivity index (χ1) is 15.3. The Morgan fingerprint density at radius 2 is 1.33 bits per heavy atom. The summed E-state index contributed by atoms with van der Waals surface area (Å²) in [5.41, 5.74) is 16.6. The van der Waals surface area contributed by atoms with Crippen LogP contribution in [0.15, 0.2) is 0 Å². The summed E-state index contributed by atoms with van der Waals surface area (Å²) in [5.74, 6) is -4.40. The summed E-state index contributed by atoms with van der Waals surface area (Å²) in [6, 6.07) is -4.47. The normalized spacial score (nSPS) is 14.8. The number of nitrogens with two attached hydrogens (primary N) is 3. The molecule has 0 saturated heterocycles. The van der Waals surface area contributed by atoms with Crippen molar-refractivity contribution >= 4 is 29.6 Å². The van der Waals surface area contributed by atoms with E-state index >= 15 is 0 Å². The van der Waals surface area contributed by atoms with E-state index in [0.29, 0.717) is 19.4 Å². The Labute approximate surface area is 194 Å². The van der Waals surface area contributed by atoms with E-state index in [2.05, 4.69) is 16.0 Å². The molecule has 4 amide bonds. The van der Waals surface area contributed by atoms with Crippen LogP contribution in [0.3, 0.4) is 0 Å². The number of carbonyl (C=O) groups excluding carboxylic acids is 4. The maximum atomic E-state index is 12.9. The van der Waals surface area contributed by atoms with Gasteiger partial charge in [-0.15, -0.1) is 0 Å². The minimum atomic E-state index is -1.41. The number of nitrogens with one attached hydrogen (secondary N) is 3. The Morgan fingerprint density at radius 3 is 1.79 bits per heavy atom. The van der Waals surface area contributed by atoms with Crippen LogP contribution in [0.25, 0.3) is 0 Å². The highest BCUT2D eigenvalue weighted by Gasteiger charge is 2.31. The first-order valence-electron chi connectivity index (χ1n) is 11.2. The molecule has 0 aliphatic carbocycles. The molecule has 0 radical (unpaired) electrons. The number of rotatable bonds is 16. The zero-order valence-electron chi connectivity index (χ0n) is 19.9. The minimum absolute atomic E-state index is 0.0251. The van der Waals surface area contributed by atoms with Crippen molar-refractivity contribution in [2.24, 2.45) is 29.0 Å². The summed E-state index contributed by atoms with van der Waals surface area (Å²) >= 11 is 0. The molecule has 12 nitrogen and oxygen atoms in total. The topological polar surface area (TPSA) is 220 Å². The predicted molar refractivity (Wildman–Crippen MR) is 122 cm³/mol. The van der Waals surface area contributed by atoms with E-state index in [-0.39, 0.29) is 24.7 Å². The van der Waals surface area contributed by atoms with Crippen molar-refractivity contribution in [2.45, 2.75) is 84.0 Å². The van der Waals surface area contributed by atoms with E-state index < -0.39 is 60.2 Å². The van der Waals surface area contributed by atoms with Crippen molar-refractivity contribution in [2.75, 3.05) is 6.54 Å². The Bertz CT molecular complexity index is 684. The van der Waals surface area contributed by atoms with E-state index in [9.17, 15) is 29.1 Å². The van der Waals surface area contributed by atoms with E-state index in [0.717, 1.165) is 0 Å². The lowest BCUT2D eigenvalue weighted by atomic mass is 10.0. The number of carboxylic acid groups (broad SMARTS) is 1. The maximum absolute atomic E-state index is 12.9. The number of carbonyl (C=O) groups is 5. The molecule has 33 heavy (non-hydrogen) atoms. The van der Waals surface area contributed by atoms with E-state index in [1.165, 1.54) is 0 Å². The second-order valence-corrected chi connectivity index (χ2v) is 8.88. The molecule has 0 fully saturated rings. The number of hydrogen-bond donors (Lipinski definition) is 7. The molecule has 0 spiro atoms. The maximum Gasteiger partial charge on any atom is 0.326 e. The summed E-state index contributed by atoms with van der Waals surface area (Å²) < 4.78 is 0. The monoisotopic (exact) mass is 472 g/mol. The van der Waals surface area contributed by atoms with E-state index in [1.54, 1.807) is 27.7 Å². The van der Waals surface area contributed by atoms with Crippen molar-refractivity contribution < 1.29 is 29.1 Å². The molecule has 0 rings (SSSR count). The molecule has 4 atom stereocenters. The zero-order chi connectivity index (χ0) is 25.7. The summed E-state index contributed by atoms with van der Waals surface area (Å²) in [6.45, 7) is 7.50. The molecular weight excluding hydrogens is 432 g/mol. The molecule has 12 heteroatoms. The molecule has 0 aliphatic heterocycles. The number of unbranched alkanes of at least 4 members (excludes halogenated alkanes) is 1. The van der Waals surface area contributed by atoms with Crippen molar-refractivity contribution in [3.8, 4) is 0 Å². The average Bonchev–Trinajstić information content (AvgIpc) is 2.70. The minimum Gasteiger partial charge on any atom is -0.480 e. The van der Waals surface area contributed by atoms with Crippen LogP contribution in [0.2, 0.25) is 0 Å². The highest BCUT2D eigenvalue weighted by Crippen LogP contribution is 2.08. The van der Waals surface area contributed by atoms with E-state index in [4.69, 9.17) is 17.2 Å². The van der Waals surface area contributed by atoms with Crippen LogP contribution >= 0.6 is 0 Å². The highest BCUT2D eigenvalue weighted by atomic mass is 16.4.